The Hall–Kier alpha value is -0.830. The van der Waals surface area contributed by atoms with E-state index in [1.807, 2.05) is 23.1 Å². The lowest BCUT2D eigenvalue weighted by atomic mass is 10.1. The predicted molar refractivity (Wildman–Crippen MR) is 68.7 cm³/mol. The Bertz CT molecular complexity index is 365. The van der Waals surface area contributed by atoms with Gasteiger partial charge in [0, 0.05) is 12.6 Å². The van der Waals surface area contributed by atoms with Crippen molar-refractivity contribution in [2.75, 3.05) is 6.54 Å². The minimum absolute atomic E-state index is 0.0331. The molecule has 0 aliphatic carbocycles. The molecule has 0 radical (unpaired) electrons. The van der Waals surface area contributed by atoms with Gasteiger partial charge in [0.05, 0.1) is 4.83 Å². The van der Waals surface area contributed by atoms with E-state index >= 15 is 0 Å². The lowest BCUT2D eigenvalue weighted by Gasteiger charge is -2.24. The summed E-state index contributed by atoms with van der Waals surface area (Å²) in [6.07, 6.45) is 1.87. The molecule has 1 amide bonds. The van der Waals surface area contributed by atoms with Crippen molar-refractivity contribution in [3.05, 3.63) is 35.9 Å². The van der Waals surface area contributed by atoms with Crippen LogP contribution in [0.4, 0.5) is 0 Å². The number of hydrogen-bond donors (Lipinski definition) is 0. The number of rotatable bonds is 3. The van der Waals surface area contributed by atoms with Crippen molar-refractivity contribution in [1.29, 1.82) is 0 Å². The fourth-order valence-electron chi connectivity index (χ4n) is 2.17. The zero-order valence-corrected chi connectivity index (χ0v) is 11.0. The second kappa shape index (κ2) is 5.00. The van der Waals surface area contributed by atoms with E-state index in [0.717, 1.165) is 19.4 Å². The molecule has 2 atom stereocenters. The van der Waals surface area contributed by atoms with Gasteiger partial charge in [0.2, 0.25) is 5.91 Å². The van der Waals surface area contributed by atoms with Crippen LogP contribution in [0.5, 0.6) is 0 Å². The summed E-state index contributed by atoms with van der Waals surface area (Å²) in [4.78, 5) is 13.8. The molecule has 0 spiro atoms. The number of nitrogens with zero attached hydrogens (tertiary/aromatic N) is 1. The first-order valence-corrected chi connectivity index (χ1v) is 6.58. The molecular formula is C13H16BrNO. The van der Waals surface area contributed by atoms with E-state index in [9.17, 15) is 4.79 Å². The van der Waals surface area contributed by atoms with Crippen LogP contribution in [0.1, 0.15) is 18.9 Å². The average molecular weight is 282 g/mol. The molecule has 0 bridgehead atoms. The highest BCUT2D eigenvalue weighted by atomic mass is 79.9. The summed E-state index contributed by atoms with van der Waals surface area (Å²) in [7, 11) is 0. The molecule has 1 aliphatic heterocycles. The number of alkyl halides is 1. The highest BCUT2D eigenvalue weighted by molar-refractivity contribution is 9.10. The Morgan fingerprint density at radius 2 is 2.12 bits per heavy atom. The summed E-state index contributed by atoms with van der Waals surface area (Å²) in [6.45, 7) is 3.00. The molecular weight excluding hydrogens is 266 g/mol. The van der Waals surface area contributed by atoms with Gasteiger partial charge >= 0.3 is 0 Å². The summed E-state index contributed by atoms with van der Waals surface area (Å²) in [5, 5.41) is 0. The zero-order chi connectivity index (χ0) is 11.5. The second-order valence-electron chi connectivity index (χ2n) is 4.33. The van der Waals surface area contributed by atoms with Gasteiger partial charge in [-0.2, -0.15) is 0 Å². The summed E-state index contributed by atoms with van der Waals surface area (Å²) >= 11 is 3.41. The summed E-state index contributed by atoms with van der Waals surface area (Å²) in [6, 6.07) is 10.6. The Morgan fingerprint density at radius 3 is 2.69 bits per heavy atom. The van der Waals surface area contributed by atoms with Crippen molar-refractivity contribution in [3.63, 3.8) is 0 Å². The summed E-state index contributed by atoms with van der Waals surface area (Å²) < 4.78 is 0. The van der Waals surface area contributed by atoms with Crippen molar-refractivity contribution < 1.29 is 4.79 Å². The standard InChI is InChI=1S/C13H16BrNO/c1-10(9-11-5-3-2-4-6-11)15-8-7-12(14)13(15)16/h2-6,10,12H,7-9H2,1H3. The quantitative estimate of drug-likeness (QED) is 0.780. The van der Waals surface area contributed by atoms with Gasteiger partial charge in [-0.05, 0) is 25.3 Å². The molecule has 1 saturated heterocycles. The molecule has 1 heterocycles. The third-order valence-corrected chi connectivity index (χ3v) is 3.93. The maximum atomic E-state index is 11.8. The molecule has 0 saturated carbocycles. The normalized spacial score (nSPS) is 22.5. The Morgan fingerprint density at radius 1 is 1.44 bits per heavy atom. The lowest BCUT2D eigenvalue weighted by molar-refractivity contribution is -0.128. The van der Waals surface area contributed by atoms with E-state index in [-0.39, 0.29) is 16.8 Å². The van der Waals surface area contributed by atoms with Crippen molar-refractivity contribution in [1.82, 2.24) is 4.90 Å². The molecule has 2 unspecified atom stereocenters. The van der Waals surface area contributed by atoms with E-state index in [0.29, 0.717) is 0 Å². The molecule has 2 nitrogen and oxygen atoms in total. The van der Waals surface area contributed by atoms with Crippen molar-refractivity contribution in [2.24, 2.45) is 0 Å². The third kappa shape index (κ3) is 2.46. The van der Waals surface area contributed by atoms with Crippen LogP contribution in [0.2, 0.25) is 0 Å². The number of likely N-dealkylation sites (tertiary alicyclic amines) is 1. The number of amides is 1. The highest BCUT2D eigenvalue weighted by Gasteiger charge is 2.32. The van der Waals surface area contributed by atoms with Crippen LogP contribution in [0, 0.1) is 0 Å². The van der Waals surface area contributed by atoms with Crippen LogP contribution in [0.25, 0.3) is 0 Å². The number of hydrogen-bond acceptors (Lipinski definition) is 1. The van der Waals surface area contributed by atoms with E-state index in [1.165, 1.54) is 5.56 Å². The number of benzene rings is 1. The van der Waals surface area contributed by atoms with E-state index < -0.39 is 0 Å². The largest absolute Gasteiger partial charge is 0.339 e. The molecule has 16 heavy (non-hydrogen) atoms. The molecule has 1 aromatic carbocycles. The van der Waals surface area contributed by atoms with Gasteiger partial charge in [-0.15, -0.1) is 0 Å². The first-order valence-electron chi connectivity index (χ1n) is 5.67. The van der Waals surface area contributed by atoms with Crippen molar-refractivity contribution in [3.8, 4) is 0 Å². The van der Waals surface area contributed by atoms with Crippen molar-refractivity contribution >= 4 is 21.8 Å². The second-order valence-corrected chi connectivity index (χ2v) is 5.43. The molecule has 0 N–H and O–H groups in total. The smallest absolute Gasteiger partial charge is 0.236 e. The van der Waals surface area contributed by atoms with Gasteiger partial charge in [0.25, 0.3) is 0 Å². The van der Waals surface area contributed by atoms with E-state index in [2.05, 4.69) is 35.0 Å². The molecule has 2 rings (SSSR count). The molecule has 0 aromatic heterocycles. The van der Waals surface area contributed by atoms with Gasteiger partial charge in [0.15, 0.2) is 0 Å². The molecule has 3 heteroatoms. The number of carbonyl (C=O) groups is 1. The first-order chi connectivity index (χ1) is 7.68. The molecule has 86 valence electrons. The van der Waals surface area contributed by atoms with Crippen LogP contribution in [-0.2, 0) is 11.2 Å². The number of halogens is 1. The highest BCUT2D eigenvalue weighted by Crippen LogP contribution is 2.22. The summed E-state index contributed by atoms with van der Waals surface area (Å²) in [5.41, 5.74) is 1.29. The fourth-order valence-corrected chi connectivity index (χ4v) is 2.64. The van der Waals surface area contributed by atoms with Gasteiger partial charge in [-0.3, -0.25) is 4.79 Å². The van der Waals surface area contributed by atoms with E-state index in [1.54, 1.807) is 0 Å². The molecule has 1 fully saturated rings. The average Bonchev–Trinajstić information content (AvgIpc) is 2.61. The Balaban J connectivity index is 1.99. The number of carbonyl (C=O) groups excluding carboxylic acids is 1. The third-order valence-electron chi connectivity index (χ3n) is 3.08. The zero-order valence-electron chi connectivity index (χ0n) is 9.40. The lowest BCUT2D eigenvalue weighted by Crippen LogP contribution is -2.37. The monoisotopic (exact) mass is 281 g/mol. The van der Waals surface area contributed by atoms with Crippen molar-refractivity contribution in [2.45, 2.75) is 30.6 Å². The predicted octanol–water partition coefficient (Wildman–Crippen LogP) is 2.61. The van der Waals surface area contributed by atoms with E-state index in [4.69, 9.17) is 0 Å². The minimum atomic E-state index is 0.0331. The SMILES string of the molecule is CC(Cc1ccccc1)N1CCC(Br)C1=O. The van der Waals surface area contributed by atoms with Crippen LogP contribution in [-0.4, -0.2) is 28.2 Å². The van der Waals surface area contributed by atoms with Crippen LogP contribution in [0.15, 0.2) is 30.3 Å². The van der Waals surface area contributed by atoms with Gasteiger partial charge in [-0.25, -0.2) is 0 Å². The maximum absolute atomic E-state index is 11.8. The summed E-state index contributed by atoms with van der Waals surface area (Å²) in [5.74, 6) is 0.239. The minimum Gasteiger partial charge on any atom is -0.339 e. The molecule has 1 aromatic rings. The first kappa shape index (κ1) is 11.6. The Kier molecular flexibility index (Phi) is 3.64. The fraction of sp³-hybridized carbons (Fsp3) is 0.462. The van der Waals surface area contributed by atoms with Gasteiger partial charge < -0.3 is 4.90 Å². The maximum Gasteiger partial charge on any atom is 0.236 e. The van der Waals surface area contributed by atoms with Gasteiger partial charge in [-0.1, -0.05) is 46.3 Å². The molecule has 1 aliphatic rings. The van der Waals surface area contributed by atoms with Gasteiger partial charge in [0.1, 0.15) is 0 Å². The Labute approximate surface area is 105 Å². The van der Waals surface area contributed by atoms with Crippen LogP contribution >= 0.6 is 15.9 Å². The topological polar surface area (TPSA) is 20.3 Å². The van der Waals surface area contributed by atoms with Crippen LogP contribution in [0.3, 0.4) is 0 Å². The van der Waals surface area contributed by atoms with Crippen LogP contribution < -0.4 is 0 Å².